The fourth-order valence-corrected chi connectivity index (χ4v) is 5.55. The Kier molecular flexibility index (Phi) is 13.3. The van der Waals surface area contributed by atoms with Crippen molar-refractivity contribution in [3.8, 4) is 0 Å². The maximum Gasteiger partial charge on any atom is 0.317 e. The molecular formula is C33H54O9S2. The van der Waals surface area contributed by atoms with Crippen LogP contribution in [0.4, 0.5) is 0 Å². The average molecular weight is 659 g/mol. The van der Waals surface area contributed by atoms with E-state index in [0.29, 0.717) is 11.1 Å². The number of benzene rings is 2. The molecule has 0 heterocycles. The summed E-state index contributed by atoms with van der Waals surface area (Å²) in [6.45, 7) is 23.8. The molecule has 2 aromatic rings. The van der Waals surface area contributed by atoms with Crippen LogP contribution in [-0.4, -0.2) is 57.8 Å². The summed E-state index contributed by atoms with van der Waals surface area (Å²) in [5.74, 6) is 0. The van der Waals surface area contributed by atoms with Crippen LogP contribution in [0.1, 0.15) is 116 Å². The topological polar surface area (TPSA) is 165 Å². The van der Waals surface area contributed by atoms with Gasteiger partial charge in [-0.25, -0.2) is 0 Å². The quantitative estimate of drug-likeness (QED) is 0.205. The molecule has 0 aliphatic rings. The number of aliphatic hydroxyl groups excluding tert-OH is 3. The van der Waals surface area contributed by atoms with Gasteiger partial charge in [0, 0.05) is 0 Å². The Morgan fingerprint density at radius 2 is 0.841 bits per heavy atom. The molecule has 0 aliphatic heterocycles. The first-order chi connectivity index (χ1) is 19.7. The van der Waals surface area contributed by atoms with E-state index in [1.807, 2.05) is 24.3 Å². The van der Waals surface area contributed by atoms with Crippen molar-refractivity contribution in [1.82, 2.24) is 0 Å². The minimum Gasteiger partial charge on any atom is -0.395 e. The van der Waals surface area contributed by atoms with Crippen LogP contribution >= 0.6 is 0 Å². The molecule has 0 aromatic heterocycles. The molecule has 6 N–H and O–H groups in total. The third-order valence-electron chi connectivity index (χ3n) is 7.96. The minimum atomic E-state index is -2.65. The first-order valence-corrected chi connectivity index (χ1v) is 16.6. The van der Waals surface area contributed by atoms with Gasteiger partial charge in [0.15, 0.2) is 0 Å². The average Bonchev–Trinajstić information content (AvgIpc) is 2.86. The molecule has 252 valence electrons. The summed E-state index contributed by atoms with van der Waals surface area (Å²) >= 11 is -5.29. The molecule has 0 spiro atoms. The zero-order valence-electron chi connectivity index (χ0n) is 28.3. The molecule has 44 heavy (non-hydrogen) atoms. The lowest BCUT2D eigenvalue weighted by molar-refractivity contribution is -0.137. The molecule has 9 nitrogen and oxygen atoms in total. The molecule has 0 radical (unpaired) electrons. The minimum absolute atomic E-state index is 0.108. The van der Waals surface area contributed by atoms with Crippen molar-refractivity contribution in [3.63, 3.8) is 0 Å². The van der Waals surface area contributed by atoms with Gasteiger partial charge < -0.3 is 20.4 Å². The van der Waals surface area contributed by atoms with Gasteiger partial charge in [0.05, 0.1) is 25.2 Å². The predicted octanol–water partition coefficient (Wildman–Crippen LogP) is 5.35. The van der Waals surface area contributed by atoms with Crippen molar-refractivity contribution in [1.29, 1.82) is 0 Å². The van der Waals surface area contributed by atoms with Gasteiger partial charge in [-0.15, -0.1) is 3.63 Å². The third-order valence-corrected chi connectivity index (χ3v) is 8.89. The standard InChI is InChI=1S/C33H52O4.H2O5S2/c1-28(2,3)22-13-15-24(26(17-22)30(7,8)9)33(37,32(19-34,20-35)21-36)25-16-14-23(29(4,5)6)18-27(25)31(10,11)12;1-6(2)5-7(3)4/h13-18,34-37H,19-21H2,1-12H3;(H,1,2)(H,3,4). The lowest BCUT2D eigenvalue weighted by Gasteiger charge is -2.49. The summed E-state index contributed by atoms with van der Waals surface area (Å²) in [4.78, 5) is 0. The fourth-order valence-electron chi connectivity index (χ4n) is 5.15. The van der Waals surface area contributed by atoms with Crippen LogP contribution < -0.4 is 0 Å². The second-order valence-corrected chi connectivity index (χ2v) is 16.9. The van der Waals surface area contributed by atoms with E-state index in [2.05, 4.69) is 98.8 Å². The number of rotatable bonds is 8. The van der Waals surface area contributed by atoms with Crippen molar-refractivity contribution in [2.24, 2.45) is 5.41 Å². The maximum absolute atomic E-state index is 13.1. The number of hydrogen-bond donors (Lipinski definition) is 6. The van der Waals surface area contributed by atoms with E-state index >= 15 is 0 Å². The molecule has 0 saturated carbocycles. The lowest BCUT2D eigenvalue weighted by Crippen LogP contribution is -2.55. The second-order valence-electron chi connectivity index (χ2n) is 15.5. The largest absolute Gasteiger partial charge is 0.395 e. The number of hydrogen-bond acceptors (Lipinski definition) is 7. The molecule has 0 saturated heterocycles. The van der Waals surface area contributed by atoms with E-state index in [1.165, 1.54) is 0 Å². The van der Waals surface area contributed by atoms with Crippen LogP contribution in [0.15, 0.2) is 36.4 Å². The van der Waals surface area contributed by atoms with Crippen molar-refractivity contribution in [2.45, 2.75) is 110 Å². The van der Waals surface area contributed by atoms with Crippen LogP contribution in [-0.2, 0) is 53.6 Å². The zero-order valence-corrected chi connectivity index (χ0v) is 29.9. The Morgan fingerprint density at radius 3 is 1.02 bits per heavy atom. The summed E-state index contributed by atoms with van der Waals surface area (Å²) in [5.41, 5.74) is 0.863. The van der Waals surface area contributed by atoms with Crippen molar-refractivity contribution >= 4 is 22.7 Å². The van der Waals surface area contributed by atoms with Crippen LogP contribution in [0.5, 0.6) is 0 Å². The van der Waals surface area contributed by atoms with Gasteiger partial charge in [-0.05, 0) is 55.0 Å². The van der Waals surface area contributed by atoms with E-state index in [4.69, 9.17) is 9.11 Å². The van der Waals surface area contributed by atoms with Crippen molar-refractivity contribution in [2.75, 3.05) is 19.8 Å². The zero-order chi connectivity index (χ0) is 34.7. The van der Waals surface area contributed by atoms with Gasteiger partial charge >= 0.3 is 22.7 Å². The van der Waals surface area contributed by atoms with E-state index in [1.54, 1.807) is 0 Å². The van der Waals surface area contributed by atoms with Crippen molar-refractivity contribution < 1.29 is 41.6 Å². The van der Waals surface area contributed by atoms with Crippen LogP contribution in [0.2, 0.25) is 0 Å². The third kappa shape index (κ3) is 9.27. The Hall–Kier alpha value is -1.54. The van der Waals surface area contributed by atoms with E-state index < -0.39 is 53.6 Å². The number of aliphatic hydroxyl groups is 4. The lowest BCUT2D eigenvalue weighted by atomic mass is 9.60. The molecule has 0 aliphatic carbocycles. The normalized spacial score (nSPS) is 15.0. The molecular weight excluding hydrogens is 604 g/mol. The first kappa shape index (κ1) is 40.5. The maximum atomic E-state index is 13.1. The Morgan fingerprint density at radius 1 is 0.545 bits per heavy atom. The fraction of sp³-hybridized carbons (Fsp3) is 0.636. The summed E-state index contributed by atoms with van der Waals surface area (Å²) in [6.07, 6.45) is 0. The van der Waals surface area contributed by atoms with E-state index in [0.717, 1.165) is 22.3 Å². The second kappa shape index (κ2) is 14.5. The Balaban J connectivity index is 0.00000123. The van der Waals surface area contributed by atoms with Crippen molar-refractivity contribution in [3.05, 3.63) is 69.8 Å². The van der Waals surface area contributed by atoms with E-state index in [9.17, 15) is 28.8 Å². The summed E-state index contributed by atoms with van der Waals surface area (Å²) < 4.78 is 37.2. The van der Waals surface area contributed by atoms with Gasteiger partial charge in [0.1, 0.15) is 5.60 Å². The molecule has 0 bridgehead atoms. The van der Waals surface area contributed by atoms with Crippen LogP contribution in [0, 0.1) is 5.41 Å². The van der Waals surface area contributed by atoms with Gasteiger partial charge in [0.2, 0.25) is 0 Å². The van der Waals surface area contributed by atoms with Gasteiger partial charge in [0.25, 0.3) is 0 Å². The molecule has 11 heteroatoms. The van der Waals surface area contributed by atoms with Crippen LogP contribution in [0.25, 0.3) is 0 Å². The highest BCUT2D eigenvalue weighted by atomic mass is 32.3. The summed E-state index contributed by atoms with van der Waals surface area (Å²) in [6, 6.07) is 12.2. The van der Waals surface area contributed by atoms with Gasteiger partial charge in [-0.3, -0.25) is 9.11 Å². The SMILES string of the molecule is CC(C)(C)c1ccc(C(O)(c2ccc(C(C)(C)C)cc2C(C)(C)C)C(CO)(CO)CO)c(C(C)(C)C)c1.O=S(O)OS(=O)O. The highest BCUT2D eigenvalue weighted by molar-refractivity contribution is 7.87. The van der Waals surface area contributed by atoms with Gasteiger partial charge in [-0.1, -0.05) is 119 Å². The smallest absolute Gasteiger partial charge is 0.317 e. The summed E-state index contributed by atoms with van der Waals surface area (Å²) in [7, 11) is 0. The molecule has 0 fully saturated rings. The highest BCUT2D eigenvalue weighted by Crippen LogP contribution is 2.51. The molecule has 0 amide bonds. The van der Waals surface area contributed by atoms with Crippen LogP contribution in [0.3, 0.4) is 0 Å². The summed E-state index contributed by atoms with van der Waals surface area (Å²) in [5, 5.41) is 45.2. The highest BCUT2D eigenvalue weighted by Gasteiger charge is 2.55. The molecule has 2 rings (SSSR count). The molecule has 0 unspecified atom stereocenters. The Bertz CT molecular complexity index is 1210. The van der Waals surface area contributed by atoms with Gasteiger partial charge in [-0.2, -0.15) is 8.42 Å². The van der Waals surface area contributed by atoms with E-state index in [-0.39, 0.29) is 21.7 Å². The molecule has 2 aromatic carbocycles. The molecule has 0 atom stereocenters. The monoisotopic (exact) mass is 658 g/mol. The first-order valence-electron chi connectivity index (χ1n) is 14.5. The predicted molar refractivity (Wildman–Crippen MR) is 177 cm³/mol. The Labute approximate surface area is 269 Å².